The molecule has 4 amide bonds. The second-order valence-corrected chi connectivity index (χ2v) is 7.24. The molecule has 10 heteroatoms. The van der Waals surface area contributed by atoms with Gasteiger partial charge in [0.15, 0.2) is 0 Å². The van der Waals surface area contributed by atoms with E-state index in [1.807, 2.05) is 13.8 Å². The number of carbonyl (C=O) groups is 4. The van der Waals surface area contributed by atoms with E-state index in [2.05, 4.69) is 53.6 Å². The zero-order chi connectivity index (χ0) is 18.5. The van der Waals surface area contributed by atoms with E-state index in [0.717, 1.165) is 0 Å². The van der Waals surface area contributed by atoms with E-state index in [0.29, 0.717) is 25.7 Å². The van der Waals surface area contributed by atoms with E-state index in [-0.39, 0.29) is 46.1 Å². The average molecular weight is 472 g/mol. The molecule has 0 aromatic carbocycles. The molecule has 0 aromatic heterocycles. The zero-order valence-electron chi connectivity index (χ0n) is 13.8. The van der Waals surface area contributed by atoms with E-state index in [1.165, 1.54) is 0 Å². The highest BCUT2D eigenvalue weighted by atomic mass is 79.9. The standard InChI is InChI=1S/C14H24Br2N4O4/c1-3-9(15)13(23)19-17-11(21)7-5-6-8-12(22)18-20-14(24)10(16)4-2/h9-10H,3-8H2,1-2H3,(H,17,21)(H,18,22)(H,19,23)(H,20,24). The van der Waals surface area contributed by atoms with Crippen molar-refractivity contribution in [3.8, 4) is 0 Å². The molecule has 4 N–H and O–H groups in total. The average Bonchev–Trinajstić information content (AvgIpc) is 2.59. The van der Waals surface area contributed by atoms with Crippen molar-refractivity contribution in [1.29, 1.82) is 0 Å². The van der Waals surface area contributed by atoms with E-state index in [9.17, 15) is 19.2 Å². The third kappa shape index (κ3) is 10.6. The molecule has 138 valence electrons. The number of rotatable bonds is 9. The number of alkyl halides is 2. The highest BCUT2D eigenvalue weighted by Gasteiger charge is 2.14. The minimum Gasteiger partial charge on any atom is -0.273 e. The summed E-state index contributed by atoms with van der Waals surface area (Å²) in [5.74, 6) is -1.26. The summed E-state index contributed by atoms with van der Waals surface area (Å²) in [6.45, 7) is 3.68. The van der Waals surface area contributed by atoms with Crippen molar-refractivity contribution in [2.45, 2.75) is 62.0 Å². The summed E-state index contributed by atoms with van der Waals surface area (Å²) in [5.41, 5.74) is 9.26. The molecular formula is C14H24Br2N4O4. The Bertz CT molecular complexity index is 408. The SMILES string of the molecule is CCC(Br)C(=O)NNC(=O)CCCCC(=O)NNC(=O)C(Br)CC. The summed E-state index contributed by atoms with van der Waals surface area (Å²) < 4.78 is 0. The predicted octanol–water partition coefficient (Wildman–Crippen LogP) is 1.19. The first-order chi connectivity index (χ1) is 11.3. The number of amides is 4. The minimum absolute atomic E-state index is 0.193. The Hall–Kier alpha value is -1.16. The van der Waals surface area contributed by atoms with Crippen LogP contribution in [0, 0.1) is 0 Å². The molecule has 0 radical (unpaired) electrons. The Morgan fingerprint density at radius 3 is 1.33 bits per heavy atom. The lowest BCUT2D eigenvalue weighted by atomic mass is 10.2. The van der Waals surface area contributed by atoms with Crippen LogP contribution < -0.4 is 21.7 Å². The number of hydrogen-bond donors (Lipinski definition) is 4. The fraction of sp³-hybridized carbons (Fsp3) is 0.714. The van der Waals surface area contributed by atoms with Crippen LogP contribution in [0.25, 0.3) is 0 Å². The molecule has 0 spiro atoms. The highest BCUT2D eigenvalue weighted by Crippen LogP contribution is 2.04. The van der Waals surface area contributed by atoms with Gasteiger partial charge < -0.3 is 0 Å². The molecule has 0 aromatic rings. The van der Waals surface area contributed by atoms with E-state index >= 15 is 0 Å². The van der Waals surface area contributed by atoms with Gasteiger partial charge >= 0.3 is 0 Å². The maximum Gasteiger partial charge on any atom is 0.252 e. The normalized spacial score (nSPS) is 12.7. The molecule has 0 bridgehead atoms. The minimum atomic E-state index is -0.344. The predicted molar refractivity (Wildman–Crippen MR) is 97.1 cm³/mol. The second-order valence-electron chi connectivity index (χ2n) is 5.03. The van der Waals surface area contributed by atoms with E-state index < -0.39 is 0 Å². The molecule has 0 aliphatic rings. The maximum absolute atomic E-state index is 11.5. The quantitative estimate of drug-likeness (QED) is 0.229. The molecule has 0 saturated heterocycles. The van der Waals surface area contributed by atoms with Crippen LogP contribution in [-0.2, 0) is 19.2 Å². The third-order valence-corrected chi connectivity index (χ3v) is 5.12. The first-order valence-corrected chi connectivity index (χ1v) is 9.60. The summed E-state index contributed by atoms with van der Waals surface area (Å²) in [6.07, 6.45) is 2.59. The second kappa shape index (κ2) is 13.2. The van der Waals surface area contributed by atoms with Gasteiger partial charge in [-0.05, 0) is 25.7 Å². The van der Waals surface area contributed by atoms with Gasteiger partial charge in [0.25, 0.3) is 11.8 Å². The van der Waals surface area contributed by atoms with Gasteiger partial charge in [-0.3, -0.25) is 40.9 Å². The van der Waals surface area contributed by atoms with Crippen molar-refractivity contribution < 1.29 is 19.2 Å². The Morgan fingerprint density at radius 2 is 1.04 bits per heavy atom. The van der Waals surface area contributed by atoms with Gasteiger partial charge in [0, 0.05) is 12.8 Å². The van der Waals surface area contributed by atoms with Gasteiger partial charge in [-0.25, -0.2) is 0 Å². The van der Waals surface area contributed by atoms with Crippen molar-refractivity contribution in [1.82, 2.24) is 21.7 Å². The van der Waals surface area contributed by atoms with Crippen molar-refractivity contribution in [2.24, 2.45) is 0 Å². The van der Waals surface area contributed by atoms with Crippen molar-refractivity contribution >= 4 is 55.5 Å². The fourth-order valence-electron chi connectivity index (χ4n) is 1.49. The summed E-state index contributed by atoms with van der Waals surface area (Å²) >= 11 is 6.34. The van der Waals surface area contributed by atoms with Crippen LogP contribution >= 0.6 is 31.9 Å². The van der Waals surface area contributed by atoms with Crippen molar-refractivity contribution in [3.05, 3.63) is 0 Å². The fourth-order valence-corrected chi connectivity index (χ4v) is 1.72. The Kier molecular flexibility index (Phi) is 12.5. The Labute approximate surface area is 158 Å². The van der Waals surface area contributed by atoms with Gasteiger partial charge in [0.2, 0.25) is 11.8 Å². The number of halogens is 2. The molecule has 0 heterocycles. The van der Waals surface area contributed by atoms with E-state index in [1.54, 1.807) is 0 Å². The lowest BCUT2D eigenvalue weighted by molar-refractivity contribution is -0.129. The largest absolute Gasteiger partial charge is 0.273 e. The summed E-state index contributed by atoms with van der Waals surface area (Å²) in [5, 5.41) is 0. The monoisotopic (exact) mass is 470 g/mol. The third-order valence-electron chi connectivity index (χ3n) is 2.99. The molecule has 2 atom stereocenters. The molecule has 8 nitrogen and oxygen atoms in total. The molecule has 24 heavy (non-hydrogen) atoms. The van der Waals surface area contributed by atoms with Crippen LogP contribution in [0.5, 0.6) is 0 Å². The Morgan fingerprint density at radius 1 is 0.708 bits per heavy atom. The maximum atomic E-state index is 11.5. The van der Waals surface area contributed by atoms with Gasteiger partial charge in [-0.15, -0.1) is 0 Å². The lowest BCUT2D eigenvalue weighted by Crippen LogP contribution is -2.45. The summed E-state index contributed by atoms with van der Waals surface area (Å²) in [6, 6.07) is 0. The van der Waals surface area contributed by atoms with Gasteiger partial charge in [0.1, 0.15) is 0 Å². The molecule has 0 rings (SSSR count). The van der Waals surface area contributed by atoms with Crippen LogP contribution in [0.15, 0.2) is 0 Å². The zero-order valence-corrected chi connectivity index (χ0v) is 17.0. The van der Waals surface area contributed by atoms with Gasteiger partial charge in [0.05, 0.1) is 9.65 Å². The van der Waals surface area contributed by atoms with Gasteiger partial charge in [-0.2, -0.15) is 0 Å². The van der Waals surface area contributed by atoms with Crippen molar-refractivity contribution in [2.75, 3.05) is 0 Å². The number of unbranched alkanes of at least 4 members (excludes halogenated alkanes) is 1. The van der Waals surface area contributed by atoms with E-state index in [4.69, 9.17) is 0 Å². The van der Waals surface area contributed by atoms with Crippen LogP contribution in [0.4, 0.5) is 0 Å². The summed E-state index contributed by atoms with van der Waals surface area (Å²) in [7, 11) is 0. The first-order valence-electron chi connectivity index (χ1n) is 7.77. The smallest absolute Gasteiger partial charge is 0.252 e. The number of nitrogens with one attached hydrogen (secondary N) is 4. The highest BCUT2D eigenvalue weighted by molar-refractivity contribution is 9.10. The Balaban J connectivity index is 3.74. The molecule has 0 fully saturated rings. The van der Waals surface area contributed by atoms with Crippen LogP contribution in [0.3, 0.4) is 0 Å². The van der Waals surface area contributed by atoms with Crippen LogP contribution in [-0.4, -0.2) is 33.3 Å². The topological polar surface area (TPSA) is 116 Å². The van der Waals surface area contributed by atoms with Crippen LogP contribution in [0.1, 0.15) is 52.4 Å². The van der Waals surface area contributed by atoms with Crippen LogP contribution in [0.2, 0.25) is 0 Å². The molecule has 0 aliphatic heterocycles. The molecule has 2 unspecified atom stereocenters. The number of hydrogen-bond acceptors (Lipinski definition) is 4. The molecule has 0 aliphatic carbocycles. The molecule has 0 saturated carbocycles. The first kappa shape index (κ1) is 22.8. The van der Waals surface area contributed by atoms with Gasteiger partial charge in [-0.1, -0.05) is 45.7 Å². The lowest BCUT2D eigenvalue weighted by Gasteiger charge is -2.10. The molecular weight excluding hydrogens is 448 g/mol. The number of hydrazine groups is 2. The summed E-state index contributed by atoms with van der Waals surface area (Å²) in [4.78, 5) is 45.2. The van der Waals surface area contributed by atoms with Crippen molar-refractivity contribution in [3.63, 3.8) is 0 Å². The number of carbonyl (C=O) groups excluding carboxylic acids is 4.